The number of imidazole rings is 1. The molecule has 4 rings (SSSR count). The zero-order valence-corrected chi connectivity index (χ0v) is 12.9. The molecule has 6 nitrogen and oxygen atoms in total. The van der Waals surface area contributed by atoms with E-state index in [1.165, 1.54) is 17.4 Å². The van der Waals surface area contributed by atoms with E-state index in [0.717, 1.165) is 33.0 Å². The van der Waals surface area contributed by atoms with Crippen LogP contribution in [0.5, 0.6) is 5.75 Å². The highest BCUT2D eigenvalue weighted by molar-refractivity contribution is 7.15. The van der Waals surface area contributed by atoms with E-state index in [-0.39, 0.29) is 5.69 Å². The molecule has 0 N–H and O–H groups in total. The van der Waals surface area contributed by atoms with Crippen molar-refractivity contribution in [3.8, 4) is 17.0 Å². The molecule has 0 aliphatic rings. The van der Waals surface area contributed by atoms with E-state index in [9.17, 15) is 10.1 Å². The van der Waals surface area contributed by atoms with Crippen LogP contribution < -0.4 is 4.74 Å². The minimum atomic E-state index is -0.391. The maximum atomic E-state index is 11.0. The molecule has 2 aromatic carbocycles. The Balaban J connectivity index is 1.97. The first kappa shape index (κ1) is 13.7. The Morgan fingerprint density at radius 3 is 2.70 bits per heavy atom. The van der Waals surface area contributed by atoms with Gasteiger partial charge in [-0.1, -0.05) is 0 Å². The van der Waals surface area contributed by atoms with E-state index in [1.807, 2.05) is 34.0 Å². The number of aromatic nitrogens is 2. The Morgan fingerprint density at radius 1 is 1.22 bits per heavy atom. The van der Waals surface area contributed by atoms with Crippen LogP contribution in [0.2, 0.25) is 0 Å². The van der Waals surface area contributed by atoms with Crippen molar-refractivity contribution in [1.29, 1.82) is 0 Å². The van der Waals surface area contributed by atoms with E-state index in [4.69, 9.17) is 4.74 Å². The van der Waals surface area contributed by atoms with Crippen molar-refractivity contribution < 1.29 is 9.66 Å². The predicted octanol–water partition coefficient (Wildman–Crippen LogP) is 4.13. The van der Waals surface area contributed by atoms with Crippen LogP contribution in [-0.4, -0.2) is 21.4 Å². The summed E-state index contributed by atoms with van der Waals surface area (Å²) in [5.41, 5.74) is 3.50. The molecule has 23 heavy (non-hydrogen) atoms. The lowest BCUT2D eigenvalue weighted by atomic mass is 10.1. The van der Waals surface area contributed by atoms with Crippen molar-refractivity contribution >= 4 is 33.0 Å². The second-order valence-electron chi connectivity index (χ2n) is 5.01. The van der Waals surface area contributed by atoms with Crippen molar-refractivity contribution in [1.82, 2.24) is 9.38 Å². The van der Waals surface area contributed by atoms with E-state index in [0.29, 0.717) is 0 Å². The number of nitrogens with zero attached hydrogens (tertiary/aromatic N) is 3. The van der Waals surface area contributed by atoms with Crippen molar-refractivity contribution in [3.63, 3.8) is 0 Å². The van der Waals surface area contributed by atoms with Gasteiger partial charge in [0.1, 0.15) is 5.75 Å². The lowest BCUT2D eigenvalue weighted by molar-refractivity contribution is -0.384. The molecular weight excluding hydrogens is 314 g/mol. The number of benzene rings is 2. The number of methoxy groups -OCH3 is 1. The topological polar surface area (TPSA) is 69.7 Å². The number of ether oxygens (including phenoxy) is 1. The minimum absolute atomic E-state index is 0.0613. The van der Waals surface area contributed by atoms with Crippen molar-refractivity contribution in [2.75, 3.05) is 7.11 Å². The summed E-state index contributed by atoms with van der Waals surface area (Å²) in [5, 5.41) is 13.0. The first-order valence-electron chi connectivity index (χ1n) is 6.86. The molecule has 2 heterocycles. The molecule has 2 aromatic heterocycles. The summed E-state index contributed by atoms with van der Waals surface area (Å²) in [7, 11) is 1.63. The van der Waals surface area contributed by atoms with Gasteiger partial charge in [0.15, 0.2) is 4.96 Å². The Morgan fingerprint density at radius 2 is 2.00 bits per heavy atom. The van der Waals surface area contributed by atoms with Crippen molar-refractivity contribution in [3.05, 3.63) is 58.0 Å². The van der Waals surface area contributed by atoms with E-state index in [1.54, 1.807) is 19.2 Å². The highest BCUT2D eigenvalue weighted by Gasteiger charge is 2.15. The average Bonchev–Trinajstić information content (AvgIpc) is 3.13. The molecule has 0 fully saturated rings. The van der Waals surface area contributed by atoms with Crippen molar-refractivity contribution in [2.24, 2.45) is 0 Å². The van der Waals surface area contributed by atoms with E-state index in [2.05, 4.69) is 4.98 Å². The number of hydrogen-bond acceptors (Lipinski definition) is 5. The number of rotatable bonds is 3. The van der Waals surface area contributed by atoms with Gasteiger partial charge in [0, 0.05) is 17.5 Å². The smallest absolute Gasteiger partial charge is 0.271 e. The highest BCUT2D eigenvalue weighted by Crippen LogP contribution is 2.32. The summed E-state index contributed by atoms with van der Waals surface area (Å²) in [6.07, 6.45) is 0. The summed E-state index contributed by atoms with van der Waals surface area (Å²) < 4.78 is 7.13. The fourth-order valence-corrected chi connectivity index (χ4v) is 3.50. The average molecular weight is 325 g/mol. The molecule has 7 heteroatoms. The number of hydrogen-bond donors (Lipinski definition) is 0. The van der Waals surface area contributed by atoms with Gasteiger partial charge >= 0.3 is 0 Å². The normalized spacial score (nSPS) is 11.2. The predicted molar refractivity (Wildman–Crippen MR) is 89.2 cm³/mol. The molecule has 0 saturated carbocycles. The van der Waals surface area contributed by atoms with Gasteiger partial charge in [-0.05, 0) is 35.9 Å². The third kappa shape index (κ3) is 2.13. The molecule has 0 bridgehead atoms. The number of fused-ring (bicyclic) bond motifs is 3. The van der Waals surface area contributed by atoms with Crippen molar-refractivity contribution in [2.45, 2.75) is 0 Å². The Hall–Kier alpha value is -2.93. The van der Waals surface area contributed by atoms with Gasteiger partial charge in [0.05, 0.1) is 28.8 Å². The fourth-order valence-electron chi connectivity index (χ4n) is 2.59. The zero-order chi connectivity index (χ0) is 16.0. The van der Waals surface area contributed by atoms with Crippen LogP contribution in [0.3, 0.4) is 0 Å². The lowest BCUT2D eigenvalue weighted by Gasteiger charge is -2.03. The van der Waals surface area contributed by atoms with Crippen LogP contribution in [0.15, 0.2) is 47.8 Å². The lowest BCUT2D eigenvalue weighted by Crippen LogP contribution is -1.90. The standard InChI is InChI=1S/C16H11N3O3S/c1-22-12-5-2-10(3-6-12)15-9-23-16-17-13-7-4-11(19(20)21)8-14(13)18(15)16/h2-9H,1H3. The van der Waals surface area contributed by atoms with Crippen LogP contribution in [0.1, 0.15) is 0 Å². The number of nitro benzene ring substituents is 1. The molecule has 0 atom stereocenters. The maximum Gasteiger partial charge on any atom is 0.271 e. The Labute approximate surface area is 134 Å². The third-order valence-electron chi connectivity index (χ3n) is 3.72. The first-order chi connectivity index (χ1) is 11.2. The van der Waals surface area contributed by atoms with E-state index < -0.39 is 4.92 Å². The highest BCUT2D eigenvalue weighted by atomic mass is 32.1. The Bertz CT molecular complexity index is 1030. The molecule has 0 spiro atoms. The largest absolute Gasteiger partial charge is 0.497 e. The van der Waals surface area contributed by atoms with Gasteiger partial charge in [-0.2, -0.15) is 0 Å². The summed E-state index contributed by atoms with van der Waals surface area (Å²) in [5.74, 6) is 0.784. The maximum absolute atomic E-state index is 11.0. The van der Waals surface area contributed by atoms with Crippen LogP contribution in [0, 0.1) is 10.1 Å². The van der Waals surface area contributed by atoms with Gasteiger partial charge < -0.3 is 4.74 Å². The molecule has 0 radical (unpaired) electrons. The molecule has 0 aliphatic carbocycles. The van der Waals surface area contributed by atoms with Gasteiger partial charge in [-0.25, -0.2) is 4.98 Å². The summed E-state index contributed by atoms with van der Waals surface area (Å²) in [6, 6.07) is 12.4. The second-order valence-corrected chi connectivity index (χ2v) is 5.85. The van der Waals surface area contributed by atoms with Crippen LogP contribution >= 0.6 is 11.3 Å². The summed E-state index contributed by atoms with van der Waals surface area (Å²) >= 11 is 1.51. The molecular formula is C16H11N3O3S. The molecule has 4 aromatic rings. The third-order valence-corrected chi connectivity index (χ3v) is 4.55. The molecule has 114 valence electrons. The number of nitro groups is 1. The second kappa shape index (κ2) is 5.06. The molecule has 0 aliphatic heterocycles. The minimum Gasteiger partial charge on any atom is -0.497 e. The SMILES string of the molecule is COc1ccc(-c2csc3nc4ccc([N+](=O)[O-])cc4n23)cc1. The number of thiazole rings is 1. The van der Waals surface area contributed by atoms with Gasteiger partial charge in [0.2, 0.25) is 0 Å². The number of non-ortho nitro benzene ring substituents is 1. The van der Waals surface area contributed by atoms with Crippen LogP contribution in [0.4, 0.5) is 5.69 Å². The van der Waals surface area contributed by atoms with Gasteiger partial charge in [-0.3, -0.25) is 14.5 Å². The monoisotopic (exact) mass is 325 g/mol. The summed E-state index contributed by atoms with van der Waals surface area (Å²) in [4.78, 5) is 16.0. The summed E-state index contributed by atoms with van der Waals surface area (Å²) in [6.45, 7) is 0. The Kier molecular flexibility index (Phi) is 3.02. The molecule has 0 unspecified atom stereocenters. The van der Waals surface area contributed by atoms with Crippen LogP contribution in [-0.2, 0) is 0 Å². The van der Waals surface area contributed by atoms with Crippen LogP contribution in [0.25, 0.3) is 27.3 Å². The fraction of sp³-hybridized carbons (Fsp3) is 0.0625. The first-order valence-corrected chi connectivity index (χ1v) is 7.74. The molecule has 0 amide bonds. The van der Waals surface area contributed by atoms with E-state index >= 15 is 0 Å². The zero-order valence-electron chi connectivity index (χ0n) is 12.1. The quantitative estimate of drug-likeness (QED) is 0.419. The van der Waals surface area contributed by atoms with Gasteiger partial charge in [0.25, 0.3) is 5.69 Å². The van der Waals surface area contributed by atoms with Gasteiger partial charge in [-0.15, -0.1) is 11.3 Å². The molecule has 0 saturated heterocycles.